The average molecular weight is 424 g/mol. The van der Waals surface area contributed by atoms with E-state index in [0.29, 0.717) is 18.3 Å². The number of aromatic nitrogens is 3. The van der Waals surface area contributed by atoms with Gasteiger partial charge in [0, 0.05) is 17.7 Å². The van der Waals surface area contributed by atoms with Crippen molar-refractivity contribution < 1.29 is 9.53 Å². The molecular weight excluding hydrogens is 398 g/mol. The van der Waals surface area contributed by atoms with Crippen LogP contribution in [0.15, 0.2) is 58.8 Å². The molecule has 2 aromatic carbocycles. The van der Waals surface area contributed by atoms with Crippen LogP contribution in [0, 0.1) is 6.92 Å². The van der Waals surface area contributed by atoms with E-state index in [9.17, 15) is 4.79 Å². The van der Waals surface area contributed by atoms with Gasteiger partial charge in [0.25, 0.3) is 5.91 Å². The topological polar surface area (TPSA) is 81.4 Å². The van der Waals surface area contributed by atoms with Crippen LogP contribution in [0.2, 0.25) is 0 Å². The Morgan fingerprint density at radius 3 is 2.67 bits per heavy atom. The molecule has 0 unspecified atom stereocenters. The minimum absolute atomic E-state index is 0.191. The summed E-state index contributed by atoms with van der Waals surface area (Å²) < 4.78 is 7.55. The molecule has 30 heavy (non-hydrogen) atoms. The largest absolute Gasteiger partial charge is 0.493 e. The highest BCUT2D eigenvalue weighted by molar-refractivity contribution is 7.99. The van der Waals surface area contributed by atoms with E-state index in [4.69, 9.17) is 4.74 Å². The minimum Gasteiger partial charge on any atom is -0.493 e. The Kier molecular flexibility index (Phi) is 7.62. The van der Waals surface area contributed by atoms with Gasteiger partial charge >= 0.3 is 0 Å². The molecule has 0 fully saturated rings. The standard InChI is InChI=1S/C22H25N5O2S/c1-4-27-21(17-12-10-16(3)11-13-17)25-26-22(27)30-15-20(28)24-23-14-18-8-6-7-9-19(18)29-5-2/h6-14H,4-5,15H2,1-3H3,(H,24,28)/b23-14+. The summed E-state index contributed by atoms with van der Waals surface area (Å²) in [5.74, 6) is 1.50. The van der Waals surface area contributed by atoms with E-state index in [-0.39, 0.29) is 11.7 Å². The molecule has 0 aliphatic heterocycles. The number of carbonyl (C=O) groups is 1. The first-order valence-corrected chi connectivity index (χ1v) is 10.8. The number of rotatable bonds is 9. The van der Waals surface area contributed by atoms with Crippen molar-refractivity contribution in [2.24, 2.45) is 5.10 Å². The number of hydrazone groups is 1. The number of aryl methyl sites for hydroxylation is 1. The zero-order valence-electron chi connectivity index (χ0n) is 17.3. The maximum Gasteiger partial charge on any atom is 0.250 e. The third-order valence-electron chi connectivity index (χ3n) is 4.29. The molecule has 1 N–H and O–H groups in total. The molecular formula is C22H25N5O2S. The predicted molar refractivity (Wildman–Crippen MR) is 120 cm³/mol. The fourth-order valence-corrected chi connectivity index (χ4v) is 3.60. The fraction of sp³-hybridized carbons (Fsp3) is 0.273. The molecule has 0 bridgehead atoms. The monoisotopic (exact) mass is 423 g/mol. The van der Waals surface area contributed by atoms with Gasteiger partial charge in [0.15, 0.2) is 11.0 Å². The van der Waals surface area contributed by atoms with Crippen molar-refractivity contribution in [3.63, 3.8) is 0 Å². The van der Waals surface area contributed by atoms with Gasteiger partial charge < -0.3 is 9.30 Å². The van der Waals surface area contributed by atoms with Crippen molar-refractivity contribution in [3.05, 3.63) is 59.7 Å². The molecule has 0 saturated heterocycles. The lowest BCUT2D eigenvalue weighted by molar-refractivity contribution is -0.118. The molecule has 0 aliphatic rings. The molecule has 3 aromatic rings. The summed E-state index contributed by atoms with van der Waals surface area (Å²) in [4.78, 5) is 12.2. The van der Waals surface area contributed by atoms with Gasteiger partial charge in [-0.2, -0.15) is 5.10 Å². The van der Waals surface area contributed by atoms with Crippen molar-refractivity contribution in [3.8, 4) is 17.1 Å². The number of thioether (sulfide) groups is 1. The van der Waals surface area contributed by atoms with Gasteiger partial charge in [0.1, 0.15) is 5.75 Å². The number of nitrogens with one attached hydrogen (secondary N) is 1. The summed E-state index contributed by atoms with van der Waals surface area (Å²) >= 11 is 1.33. The molecule has 0 radical (unpaired) electrons. The third kappa shape index (κ3) is 5.48. The van der Waals surface area contributed by atoms with Gasteiger partial charge in [-0.3, -0.25) is 4.79 Å². The van der Waals surface area contributed by atoms with Crippen LogP contribution >= 0.6 is 11.8 Å². The first kappa shape index (κ1) is 21.6. The summed E-state index contributed by atoms with van der Waals surface area (Å²) in [5.41, 5.74) is 5.55. The van der Waals surface area contributed by atoms with E-state index >= 15 is 0 Å². The normalized spacial score (nSPS) is 11.0. The van der Waals surface area contributed by atoms with Gasteiger partial charge in [0.2, 0.25) is 0 Å². The summed E-state index contributed by atoms with van der Waals surface area (Å²) in [7, 11) is 0. The van der Waals surface area contributed by atoms with Crippen LogP contribution < -0.4 is 10.2 Å². The second kappa shape index (κ2) is 10.6. The fourth-order valence-electron chi connectivity index (χ4n) is 2.81. The first-order chi connectivity index (χ1) is 14.6. The van der Waals surface area contributed by atoms with E-state index in [1.54, 1.807) is 6.21 Å². The summed E-state index contributed by atoms with van der Waals surface area (Å²) in [6.07, 6.45) is 1.58. The van der Waals surface area contributed by atoms with Gasteiger partial charge in [-0.15, -0.1) is 10.2 Å². The second-order valence-electron chi connectivity index (χ2n) is 6.47. The van der Waals surface area contributed by atoms with Crippen molar-refractivity contribution in [2.75, 3.05) is 12.4 Å². The van der Waals surface area contributed by atoms with Gasteiger partial charge in [0.05, 0.1) is 18.6 Å². The molecule has 8 heteroatoms. The average Bonchev–Trinajstić information content (AvgIpc) is 3.17. The number of carbonyl (C=O) groups excluding carboxylic acids is 1. The van der Waals surface area contributed by atoms with Crippen LogP contribution in [0.4, 0.5) is 0 Å². The zero-order valence-corrected chi connectivity index (χ0v) is 18.1. The Hall–Kier alpha value is -3.13. The van der Waals surface area contributed by atoms with E-state index in [0.717, 1.165) is 22.7 Å². The Balaban J connectivity index is 1.59. The van der Waals surface area contributed by atoms with Crippen LogP contribution in [-0.4, -0.2) is 39.2 Å². The lowest BCUT2D eigenvalue weighted by Crippen LogP contribution is -2.20. The predicted octanol–water partition coefficient (Wildman–Crippen LogP) is 3.91. The maximum absolute atomic E-state index is 12.2. The molecule has 156 valence electrons. The smallest absolute Gasteiger partial charge is 0.250 e. The van der Waals surface area contributed by atoms with Gasteiger partial charge in [-0.25, -0.2) is 5.43 Å². The van der Waals surface area contributed by atoms with Crippen molar-refractivity contribution in [2.45, 2.75) is 32.5 Å². The second-order valence-corrected chi connectivity index (χ2v) is 7.41. The highest BCUT2D eigenvalue weighted by Gasteiger charge is 2.14. The summed E-state index contributed by atoms with van der Waals surface area (Å²) in [6.45, 7) is 7.28. The van der Waals surface area contributed by atoms with Crippen LogP contribution in [-0.2, 0) is 11.3 Å². The van der Waals surface area contributed by atoms with Crippen LogP contribution in [0.3, 0.4) is 0 Å². The van der Waals surface area contributed by atoms with Crippen molar-refractivity contribution >= 4 is 23.9 Å². The molecule has 0 saturated carbocycles. The lowest BCUT2D eigenvalue weighted by atomic mass is 10.1. The summed E-state index contributed by atoms with van der Waals surface area (Å²) in [6, 6.07) is 15.7. The molecule has 3 rings (SSSR count). The molecule has 1 heterocycles. The number of para-hydroxylation sites is 1. The zero-order chi connectivity index (χ0) is 21.3. The van der Waals surface area contributed by atoms with Crippen molar-refractivity contribution in [1.82, 2.24) is 20.2 Å². The third-order valence-corrected chi connectivity index (χ3v) is 5.25. The molecule has 0 spiro atoms. The minimum atomic E-state index is -0.215. The van der Waals surface area contributed by atoms with E-state index in [1.807, 2.05) is 73.9 Å². The van der Waals surface area contributed by atoms with E-state index < -0.39 is 0 Å². The first-order valence-electron chi connectivity index (χ1n) is 9.79. The van der Waals surface area contributed by atoms with Gasteiger partial charge in [-0.1, -0.05) is 53.7 Å². The van der Waals surface area contributed by atoms with Crippen LogP contribution in [0.25, 0.3) is 11.4 Å². The van der Waals surface area contributed by atoms with Crippen LogP contribution in [0.1, 0.15) is 25.0 Å². The molecule has 1 aromatic heterocycles. The number of hydrogen-bond acceptors (Lipinski definition) is 6. The quantitative estimate of drug-likeness (QED) is 0.321. The Morgan fingerprint density at radius 2 is 1.93 bits per heavy atom. The van der Waals surface area contributed by atoms with Crippen molar-refractivity contribution in [1.29, 1.82) is 0 Å². The van der Waals surface area contributed by atoms with Crippen LogP contribution in [0.5, 0.6) is 5.75 Å². The lowest BCUT2D eigenvalue weighted by Gasteiger charge is -2.07. The number of benzene rings is 2. The molecule has 0 aliphatic carbocycles. The maximum atomic E-state index is 12.2. The number of amides is 1. The van der Waals surface area contributed by atoms with E-state index in [1.165, 1.54) is 17.3 Å². The Labute approximate surface area is 180 Å². The highest BCUT2D eigenvalue weighted by Crippen LogP contribution is 2.24. The number of nitrogens with zero attached hydrogens (tertiary/aromatic N) is 4. The number of ether oxygens (including phenoxy) is 1. The highest BCUT2D eigenvalue weighted by atomic mass is 32.2. The Morgan fingerprint density at radius 1 is 1.17 bits per heavy atom. The molecule has 0 atom stereocenters. The number of hydrogen-bond donors (Lipinski definition) is 1. The SMILES string of the molecule is CCOc1ccccc1/C=N/NC(=O)CSc1nnc(-c2ccc(C)cc2)n1CC. The van der Waals surface area contributed by atoms with E-state index in [2.05, 4.69) is 20.7 Å². The van der Waals surface area contributed by atoms with Gasteiger partial charge in [-0.05, 0) is 32.9 Å². The summed E-state index contributed by atoms with van der Waals surface area (Å²) in [5, 5.41) is 13.3. The molecule has 1 amide bonds. The Bertz CT molecular complexity index is 1010. The molecule has 7 nitrogen and oxygen atoms in total.